The number of fused-ring (bicyclic) bond motifs is 3. The third-order valence-corrected chi connectivity index (χ3v) is 6.09. The minimum Gasteiger partial charge on any atom is -0.495 e. The Bertz CT molecular complexity index is 1070. The zero-order valence-corrected chi connectivity index (χ0v) is 16.0. The minimum atomic E-state index is -0.793. The predicted molar refractivity (Wildman–Crippen MR) is 105 cm³/mol. The summed E-state index contributed by atoms with van der Waals surface area (Å²) in [6.07, 6.45) is 4.08. The average Bonchev–Trinajstić information content (AvgIpc) is 3.07. The summed E-state index contributed by atoms with van der Waals surface area (Å²) < 4.78 is 6.43. The highest BCUT2D eigenvalue weighted by Gasteiger charge is 2.24. The van der Waals surface area contributed by atoms with Crippen LogP contribution in [0, 0.1) is 0 Å². The molecule has 8 heteroatoms. The Morgan fingerprint density at radius 2 is 2.07 bits per heavy atom. The lowest BCUT2D eigenvalue weighted by Gasteiger charge is -2.15. The molecule has 0 aliphatic heterocycles. The fourth-order valence-corrected chi connectivity index (χ4v) is 4.63. The molecule has 4 rings (SSSR count). The van der Waals surface area contributed by atoms with Gasteiger partial charge in [0, 0.05) is 4.88 Å². The van der Waals surface area contributed by atoms with E-state index in [-0.39, 0.29) is 11.5 Å². The van der Waals surface area contributed by atoms with E-state index in [0.29, 0.717) is 21.7 Å². The van der Waals surface area contributed by atoms with Gasteiger partial charge in [-0.3, -0.25) is 9.59 Å². The molecular formula is C19H20N4O3S. The van der Waals surface area contributed by atoms with Gasteiger partial charge < -0.3 is 10.1 Å². The van der Waals surface area contributed by atoms with E-state index in [1.165, 1.54) is 16.7 Å². The number of para-hydroxylation sites is 2. The van der Waals surface area contributed by atoms with Gasteiger partial charge >= 0.3 is 0 Å². The summed E-state index contributed by atoms with van der Waals surface area (Å²) in [6, 6.07) is 6.34. The van der Waals surface area contributed by atoms with Crippen LogP contribution in [0.1, 0.15) is 36.2 Å². The van der Waals surface area contributed by atoms with Crippen molar-refractivity contribution in [1.29, 1.82) is 0 Å². The highest BCUT2D eigenvalue weighted by molar-refractivity contribution is 7.18. The normalized spacial score (nSPS) is 14.6. The van der Waals surface area contributed by atoms with Gasteiger partial charge in [0.25, 0.3) is 5.56 Å². The maximum atomic E-state index is 13.0. The molecule has 1 aliphatic carbocycles. The SMILES string of the molecule is COc1ccccc1NC(=O)[C@H](C)n1nnc2sc3c(c2c1=O)CCCC3. The van der Waals surface area contributed by atoms with E-state index in [0.717, 1.165) is 31.2 Å². The van der Waals surface area contributed by atoms with Crippen LogP contribution >= 0.6 is 11.3 Å². The van der Waals surface area contributed by atoms with Crippen LogP contribution in [-0.2, 0) is 17.6 Å². The van der Waals surface area contributed by atoms with Crippen LogP contribution < -0.4 is 15.6 Å². The monoisotopic (exact) mass is 384 g/mol. The molecule has 0 bridgehead atoms. The first-order chi connectivity index (χ1) is 13.1. The number of rotatable bonds is 4. The largest absolute Gasteiger partial charge is 0.495 e. The van der Waals surface area contributed by atoms with Crippen LogP contribution in [0.5, 0.6) is 5.75 Å². The molecule has 1 N–H and O–H groups in total. The number of ether oxygens (including phenoxy) is 1. The molecule has 1 aromatic carbocycles. The van der Waals surface area contributed by atoms with Crippen LogP contribution in [0.2, 0.25) is 0 Å². The molecule has 7 nitrogen and oxygen atoms in total. The molecular weight excluding hydrogens is 364 g/mol. The smallest absolute Gasteiger partial charge is 0.279 e. The van der Waals surface area contributed by atoms with Crippen molar-refractivity contribution in [1.82, 2.24) is 15.0 Å². The van der Waals surface area contributed by atoms with Gasteiger partial charge in [-0.1, -0.05) is 17.3 Å². The van der Waals surface area contributed by atoms with Gasteiger partial charge in [-0.15, -0.1) is 16.4 Å². The Morgan fingerprint density at radius 3 is 2.89 bits per heavy atom. The van der Waals surface area contributed by atoms with Crippen molar-refractivity contribution < 1.29 is 9.53 Å². The number of hydrogen-bond donors (Lipinski definition) is 1. The number of benzene rings is 1. The second-order valence-electron chi connectivity index (χ2n) is 6.60. The Hall–Kier alpha value is -2.74. The summed E-state index contributed by atoms with van der Waals surface area (Å²) in [7, 11) is 1.54. The number of thiophene rings is 1. The Morgan fingerprint density at radius 1 is 1.30 bits per heavy atom. The van der Waals surface area contributed by atoms with E-state index in [2.05, 4.69) is 15.6 Å². The maximum absolute atomic E-state index is 13.0. The third-order valence-electron chi connectivity index (χ3n) is 4.92. The highest BCUT2D eigenvalue weighted by Crippen LogP contribution is 2.33. The first-order valence-corrected chi connectivity index (χ1v) is 9.75. The van der Waals surface area contributed by atoms with E-state index in [9.17, 15) is 9.59 Å². The number of anilines is 1. The zero-order chi connectivity index (χ0) is 19.0. The number of carbonyl (C=O) groups excluding carboxylic acids is 1. The zero-order valence-electron chi connectivity index (χ0n) is 15.2. The van der Waals surface area contributed by atoms with Gasteiger partial charge in [0.2, 0.25) is 5.91 Å². The van der Waals surface area contributed by atoms with Crippen molar-refractivity contribution in [2.45, 2.75) is 38.6 Å². The molecule has 3 aromatic rings. The van der Waals surface area contributed by atoms with Crippen molar-refractivity contribution in [2.75, 3.05) is 12.4 Å². The van der Waals surface area contributed by atoms with E-state index in [4.69, 9.17) is 4.74 Å². The number of hydrogen-bond acceptors (Lipinski definition) is 6. The number of aryl methyl sites for hydroxylation is 2. The number of nitrogens with one attached hydrogen (secondary N) is 1. The lowest BCUT2D eigenvalue weighted by Crippen LogP contribution is -2.34. The summed E-state index contributed by atoms with van der Waals surface area (Å²) in [6.45, 7) is 1.64. The molecule has 2 heterocycles. The first kappa shape index (κ1) is 17.7. The van der Waals surface area contributed by atoms with Crippen LogP contribution in [-0.4, -0.2) is 28.0 Å². The predicted octanol–water partition coefficient (Wildman–Crippen LogP) is 2.94. The second-order valence-corrected chi connectivity index (χ2v) is 7.68. The average molecular weight is 384 g/mol. The highest BCUT2D eigenvalue weighted by atomic mass is 32.1. The number of carbonyl (C=O) groups is 1. The molecule has 0 saturated carbocycles. The van der Waals surface area contributed by atoms with Gasteiger partial charge in [0.05, 0.1) is 18.2 Å². The molecule has 1 atom stereocenters. The molecule has 140 valence electrons. The summed E-state index contributed by atoms with van der Waals surface area (Å²) >= 11 is 1.55. The third kappa shape index (κ3) is 3.10. The van der Waals surface area contributed by atoms with Crippen LogP contribution in [0.4, 0.5) is 5.69 Å². The lowest BCUT2D eigenvalue weighted by atomic mass is 9.97. The quantitative estimate of drug-likeness (QED) is 0.747. The van der Waals surface area contributed by atoms with Gasteiger partial charge in [0.1, 0.15) is 11.8 Å². The van der Waals surface area contributed by atoms with Crippen molar-refractivity contribution in [3.8, 4) is 5.75 Å². The molecule has 0 saturated heterocycles. The van der Waals surface area contributed by atoms with E-state index in [1.54, 1.807) is 36.5 Å². The topological polar surface area (TPSA) is 86.1 Å². The van der Waals surface area contributed by atoms with Crippen molar-refractivity contribution in [2.24, 2.45) is 0 Å². The van der Waals surface area contributed by atoms with Gasteiger partial charge in [-0.25, -0.2) is 0 Å². The van der Waals surface area contributed by atoms with E-state index < -0.39 is 6.04 Å². The van der Waals surface area contributed by atoms with Crippen molar-refractivity contribution >= 4 is 33.1 Å². The standard InChI is InChI=1S/C19H20N4O3S/c1-11(17(24)20-13-8-4-5-9-14(13)26-2)23-19(25)16-12-7-3-6-10-15(12)27-18(16)21-22-23/h4-5,8-9,11H,3,6-7,10H2,1-2H3,(H,20,24)/t11-/m0/s1. The van der Waals surface area contributed by atoms with E-state index >= 15 is 0 Å². The Labute approximate surface area is 160 Å². The summed E-state index contributed by atoms with van der Waals surface area (Å²) in [5.41, 5.74) is 1.39. The summed E-state index contributed by atoms with van der Waals surface area (Å²) in [5.74, 6) is 0.207. The molecule has 1 amide bonds. The van der Waals surface area contributed by atoms with Crippen molar-refractivity contribution in [3.05, 3.63) is 45.1 Å². The summed E-state index contributed by atoms with van der Waals surface area (Å²) in [5, 5.41) is 11.7. The van der Waals surface area contributed by atoms with E-state index in [1.807, 2.05) is 6.07 Å². The molecule has 1 aliphatic rings. The van der Waals surface area contributed by atoms with Crippen LogP contribution in [0.3, 0.4) is 0 Å². The first-order valence-electron chi connectivity index (χ1n) is 8.93. The van der Waals surface area contributed by atoms with Crippen LogP contribution in [0.25, 0.3) is 10.2 Å². The van der Waals surface area contributed by atoms with Crippen LogP contribution in [0.15, 0.2) is 29.1 Å². The number of amides is 1. The van der Waals surface area contributed by atoms with Gasteiger partial charge in [-0.05, 0) is 50.3 Å². The number of methoxy groups -OCH3 is 1. The molecule has 27 heavy (non-hydrogen) atoms. The fourth-order valence-electron chi connectivity index (χ4n) is 3.44. The Kier molecular flexibility index (Phi) is 4.65. The molecule has 0 spiro atoms. The lowest BCUT2D eigenvalue weighted by molar-refractivity contribution is -0.119. The molecule has 0 radical (unpaired) electrons. The molecule has 0 unspecified atom stereocenters. The Balaban J connectivity index is 1.68. The second kappa shape index (κ2) is 7.11. The van der Waals surface area contributed by atoms with Gasteiger partial charge in [-0.2, -0.15) is 4.68 Å². The fraction of sp³-hybridized carbons (Fsp3) is 0.368. The number of aromatic nitrogens is 3. The minimum absolute atomic E-state index is 0.248. The van der Waals surface area contributed by atoms with Gasteiger partial charge in [0.15, 0.2) is 4.83 Å². The van der Waals surface area contributed by atoms with Crippen molar-refractivity contribution in [3.63, 3.8) is 0 Å². The summed E-state index contributed by atoms with van der Waals surface area (Å²) in [4.78, 5) is 27.6. The maximum Gasteiger partial charge on any atom is 0.279 e. The molecule has 0 fully saturated rings. The molecule has 2 aromatic heterocycles. The number of nitrogens with zero attached hydrogens (tertiary/aromatic N) is 3.